The monoisotopic (exact) mass is 377 g/mol. The average Bonchev–Trinajstić information content (AvgIpc) is 3.30. The lowest BCUT2D eigenvalue weighted by Gasteiger charge is -2.06. The highest BCUT2D eigenvalue weighted by Crippen LogP contribution is 2.47. The van der Waals surface area contributed by atoms with Gasteiger partial charge in [0.1, 0.15) is 0 Å². The lowest BCUT2D eigenvalue weighted by atomic mass is 10.1. The number of hydrogen-bond donors (Lipinski definition) is 1. The summed E-state index contributed by atoms with van der Waals surface area (Å²) in [5.41, 5.74) is 2.44. The van der Waals surface area contributed by atoms with Crippen LogP contribution in [0.3, 0.4) is 0 Å². The Bertz CT molecular complexity index is 654. The second-order valence-electron chi connectivity index (χ2n) is 5.67. The molecular formula is C18H17BrClNO. The van der Waals surface area contributed by atoms with Crippen LogP contribution in [0, 0.1) is 5.92 Å². The van der Waals surface area contributed by atoms with Crippen molar-refractivity contribution in [1.29, 1.82) is 0 Å². The highest BCUT2D eigenvalue weighted by Gasteiger charge is 2.43. The Morgan fingerprint density at radius 2 is 1.82 bits per heavy atom. The SMILES string of the molecule is O=C(NCCc1ccc(Cl)cc1)C1CC1c1ccc(Br)cc1. The van der Waals surface area contributed by atoms with Gasteiger partial charge in [-0.25, -0.2) is 0 Å². The van der Waals surface area contributed by atoms with Gasteiger partial charge in [0.05, 0.1) is 0 Å². The lowest BCUT2D eigenvalue weighted by molar-refractivity contribution is -0.122. The van der Waals surface area contributed by atoms with Crippen LogP contribution in [0.5, 0.6) is 0 Å². The molecular weight excluding hydrogens is 362 g/mol. The van der Waals surface area contributed by atoms with E-state index in [9.17, 15) is 4.79 Å². The van der Waals surface area contributed by atoms with Gasteiger partial charge in [-0.1, -0.05) is 51.8 Å². The van der Waals surface area contributed by atoms with Crippen LogP contribution in [-0.4, -0.2) is 12.5 Å². The number of carbonyl (C=O) groups is 1. The van der Waals surface area contributed by atoms with Crippen LogP contribution in [0.1, 0.15) is 23.5 Å². The first-order valence-corrected chi connectivity index (χ1v) is 8.58. The third kappa shape index (κ3) is 3.90. The standard InChI is InChI=1S/C18H17BrClNO/c19-14-5-3-13(4-6-14)16-11-17(16)18(22)21-10-9-12-1-7-15(20)8-2-12/h1-8,16-17H,9-11H2,(H,21,22). The number of nitrogens with one attached hydrogen (secondary N) is 1. The van der Waals surface area contributed by atoms with Crippen LogP contribution < -0.4 is 5.32 Å². The Morgan fingerprint density at radius 3 is 2.50 bits per heavy atom. The molecule has 2 aromatic carbocycles. The Kier molecular flexibility index (Phi) is 4.84. The zero-order valence-electron chi connectivity index (χ0n) is 12.1. The van der Waals surface area contributed by atoms with Crippen molar-refractivity contribution < 1.29 is 4.79 Å². The molecule has 2 atom stereocenters. The molecule has 0 heterocycles. The molecule has 1 aliphatic carbocycles. The van der Waals surface area contributed by atoms with E-state index in [0.717, 1.165) is 22.3 Å². The van der Waals surface area contributed by atoms with Crippen molar-refractivity contribution in [2.75, 3.05) is 6.54 Å². The van der Waals surface area contributed by atoms with E-state index < -0.39 is 0 Å². The minimum atomic E-state index is 0.131. The lowest BCUT2D eigenvalue weighted by Crippen LogP contribution is -2.27. The molecule has 1 saturated carbocycles. The van der Waals surface area contributed by atoms with Crippen molar-refractivity contribution in [1.82, 2.24) is 5.32 Å². The number of rotatable bonds is 5. The molecule has 0 saturated heterocycles. The van der Waals surface area contributed by atoms with Crippen molar-refractivity contribution in [3.8, 4) is 0 Å². The fourth-order valence-electron chi connectivity index (χ4n) is 2.68. The maximum Gasteiger partial charge on any atom is 0.223 e. The number of benzene rings is 2. The molecule has 22 heavy (non-hydrogen) atoms. The van der Waals surface area contributed by atoms with Crippen molar-refractivity contribution >= 4 is 33.4 Å². The van der Waals surface area contributed by atoms with Gasteiger partial charge in [-0.05, 0) is 54.2 Å². The van der Waals surface area contributed by atoms with Crippen molar-refractivity contribution in [2.24, 2.45) is 5.92 Å². The van der Waals surface area contributed by atoms with E-state index >= 15 is 0 Å². The van der Waals surface area contributed by atoms with Gasteiger partial charge in [0.2, 0.25) is 5.91 Å². The smallest absolute Gasteiger partial charge is 0.223 e. The van der Waals surface area contributed by atoms with Crippen molar-refractivity contribution in [3.63, 3.8) is 0 Å². The van der Waals surface area contributed by atoms with Gasteiger partial charge in [0, 0.05) is 22.0 Å². The molecule has 0 aromatic heterocycles. The number of carbonyl (C=O) groups excluding carboxylic acids is 1. The summed E-state index contributed by atoms with van der Waals surface area (Å²) in [7, 11) is 0. The number of hydrogen-bond acceptors (Lipinski definition) is 1. The number of halogens is 2. The summed E-state index contributed by atoms with van der Waals surface area (Å²) in [5.74, 6) is 0.678. The summed E-state index contributed by atoms with van der Waals surface area (Å²) in [6, 6.07) is 16.0. The molecule has 4 heteroatoms. The predicted octanol–water partition coefficient (Wildman–Crippen LogP) is 4.56. The summed E-state index contributed by atoms with van der Waals surface area (Å²) in [5, 5.41) is 3.78. The fourth-order valence-corrected chi connectivity index (χ4v) is 3.07. The van der Waals surface area contributed by atoms with Gasteiger partial charge in [0.25, 0.3) is 0 Å². The first-order chi connectivity index (χ1) is 10.6. The van der Waals surface area contributed by atoms with E-state index in [0.29, 0.717) is 12.5 Å². The summed E-state index contributed by atoms with van der Waals surface area (Å²) in [6.07, 6.45) is 1.78. The molecule has 0 aliphatic heterocycles. The summed E-state index contributed by atoms with van der Waals surface area (Å²) >= 11 is 9.29. The maximum absolute atomic E-state index is 12.2. The second kappa shape index (κ2) is 6.84. The molecule has 1 N–H and O–H groups in total. The number of amides is 1. The van der Waals surface area contributed by atoms with Gasteiger partial charge in [-0.3, -0.25) is 4.79 Å². The topological polar surface area (TPSA) is 29.1 Å². The Balaban J connectivity index is 1.45. The predicted molar refractivity (Wildman–Crippen MR) is 93.2 cm³/mol. The van der Waals surface area contributed by atoms with Gasteiger partial charge in [-0.15, -0.1) is 0 Å². The van der Waals surface area contributed by atoms with E-state index in [4.69, 9.17) is 11.6 Å². The maximum atomic E-state index is 12.2. The van der Waals surface area contributed by atoms with Gasteiger partial charge in [0.15, 0.2) is 0 Å². The molecule has 0 spiro atoms. The van der Waals surface area contributed by atoms with Crippen LogP contribution in [0.15, 0.2) is 53.0 Å². The molecule has 1 fully saturated rings. The summed E-state index contributed by atoms with van der Waals surface area (Å²) < 4.78 is 1.07. The van der Waals surface area contributed by atoms with Gasteiger partial charge >= 0.3 is 0 Å². The van der Waals surface area contributed by atoms with Crippen LogP contribution in [-0.2, 0) is 11.2 Å². The fraction of sp³-hybridized carbons (Fsp3) is 0.278. The largest absolute Gasteiger partial charge is 0.356 e. The van der Waals surface area contributed by atoms with Crippen molar-refractivity contribution in [3.05, 3.63) is 69.2 Å². The quantitative estimate of drug-likeness (QED) is 0.811. The zero-order chi connectivity index (χ0) is 15.5. The Morgan fingerprint density at radius 1 is 1.14 bits per heavy atom. The van der Waals surface area contributed by atoms with Crippen LogP contribution in [0.25, 0.3) is 0 Å². The molecule has 114 valence electrons. The van der Waals surface area contributed by atoms with E-state index in [1.54, 1.807) is 0 Å². The zero-order valence-corrected chi connectivity index (χ0v) is 14.4. The Hall–Kier alpha value is -1.32. The van der Waals surface area contributed by atoms with E-state index in [2.05, 4.69) is 33.4 Å². The van der Waals surface area contributed by atoms with Crippen LogP contribution in [0.4, 0.5) is 0 Å². The normalized spacial score (nSPS) is 19.7. The molecule has 0 radical (unpaired) electrons. The molecule has 2 nitrogen and oxygen atoms in total. The summed E-state index contributed by atoms with van der Waals surface area (Å²) in [4.78, 5) is 12.2. The van der Waals surface area contributed by atoms with Crippen LogP contribution in [0.2, 0.25) is 5.02 Å². The third-order valence-electron chi connectivity index (χ3n) is 4.05. The van der Waals surface area contributed by atoms with Gasteiger partial charge < -0.3 is 5.32 Å². The average molecular weight is 379 g/mol. The third-order valence-corrected chi connectivity index (χ3v) is 4.83. The van der Waals surface area contributed by atoms with E-state index in [1.165, 1.54) is 11.1 Å². The van der Waals surface area contributed by atoms with Crippen molar-refractivity contribution in [2.45, 2.75) is 18.8 Å². The van der Waals surface area contributed by atoms with E-state index in [-0.39, 0.29) is 11.8 Å². The van der Waals surface area contributed by atoms with E-state index in [1.807, 2.05) is 36.4 Å². The molecule has 3 rings (SSSR count). The minimum absolute atomic E-state index is 0.131. The summed E-state index contributed by atoms with van der Waals surface area (Å²) in [6.45, 7) is 0.671. The molecule has 1 amide bonds. The first kappa shape index (κ1) is 15.6. The van der Waals surface area contributed by atoms with Gasteiger partial charge in [-0.2, -0.15) is 0 Å². The highest BCUT2D eigenvalue weighted by atomic mass is 79.9. The minimum Gasteiger partial charge on any atom is -0.356 e. The first-order valence-electron chi connectivity index (χ1n) is 7.41. The molecule has 0 bridgehead atoms. The van der Waals surface area contributed by atoms with Crippen LogP contribution >= 0.6 is 27.5 Å². The Labute approximate surface area is 144 Å². The second-order valence-corrected chi connectivity index (χ2v) is 7.02. The molecule has 1 aliphatic rings. The molecule has 2 unspecified atom stereocenters. The highest BCUT2D eigenvalue weighted by molar-refractivity contribution is 9.10. The molecule has 2 aromatic rings.